The number of hydrogen-bond acceptors (Lipinski definition) is 2. The molecule has 0 aromatic heterocycles. The Morgan fingerprint density at radius 1 is 1.14 bits per heavy atom. The van der Waals surface area contributed by atoms with Crippen molar-refractivity contribution in [3.05, 3.63) is 29.8 Å². The van der Waals surface area contributed by atoms with Crippen LogP contribution in [0.5, 0.6) is 0 Å². The minimum Gasteiger partial charge on any atom is -0.370 e. The zero-order valence-electron chi connectivity index (χ0n) is 13.6. The molecule has 0 unspecified atom stereocenters. The third-order valence-corrected chi connectivity index (χ3v) is 3.08. The van der Waals surface area contributed by atoms with E-state index in [9.17, 15) is 0 Å². The van der Waals surface area contributed by atoms with Gasteiger partial charge in [0.1, 0.15) is 0 Å². The molecule has 0 aliphatic carbocycles. The standard InChI is InChI=1S/C16H28N4.HI/c1-5-17-16(18-6-2)19-11-12-20(7-3)15-10-8-9-14(4)13-15;/h8-10,13H,5-7,11-12H2,1-4H3,(H2,17,18,19);1H. The van der Waals surface area contributed by atoms with Gasteiger partial charge in [0.15, 0.2) is 5.96 Å². The molecular weight excluding hydrogens is 375 g/mol. The van der Waals surface area contributed by atoms with Crippen LogP contribution in [0, 0.1) is 6.92 Å². The van der Waals surface area contributed by atoms with Crippen molar-refractivity contribution >= 4 is 35.6 Å². The first kappa shape index (κ1) is 20.0. The summed E-state index contributed by atoms with van der Waals surface area (Å²) in [6.07, 6.45) is 0. The Kier molecular flexibility index (Phi) is 11.1. The highest BCUT2D eigenvalue weighted by Crippen LogP contribution is 2.15. The molecule has 0 heterocycles. The highest BCUT2D eigenvalue weighted by Gasteiger charge is 2.03. The first-order chi connectivity index (χ1) is 9.71. The fourth-order valence-corrected chi connectivity index (χ4v) is 2.09. The van der Waals surface area contributed by atoms with E-state index in [4.69, 9.17) is 0 Å². The van der Waals surface area contributed by atoms with Crippen LogP contribution in [0.3, 0.4) is 0 Å². The van der Waals surface area contributed by atoms with Crippen LogP contribution in [-0.2, 0) is 0 Å². The van der Waals surface area contributed by atoms with Crippen molar-refractivity contribution in [3.63, 3.8) is 0 Å². The van der Waals surface area contributed by atoms with Crippen molar-refractivity contribution in [3.8, 4) is 0 Å². The molecule has 0 aliphatic heterocycles. The summed E-state index contributed by atoms with van der Waals surface area (Å²) < 4.78 is 0. The van der Waals surface area contributed by atoms with E-state index in [-0.39, 0.29) is 24.0 Å². The first-order valence-corrected chi connectivity index (χ1v) is 7.55. The van der Waals surface area contributed by atoms with Crippen molar-refractivity contribution < 1.29 is 0 Å². The smallest absolute Gasteiger partial charge is 0.191 e. The van der Waals surface area contributed by atoms with Crippen LogP contribution in [-0.4, -0.2) is 38.7 Å². The Hall–Kier alpha value is -0.980. The molecule has 2 N–H and O–H groups in total. The number of aliphatic imine (C=N–C) groups is 1. The molecule has 0 fully saturated rings. The molecule has 1 aromatic rings. The van der Waals surface area contributed by atoms with Gasteiger partial charge in [-0.2, -0.15) is 0 Å². The number of aryl methyl sites for hydroxylation is 1. The molecule has 0 atom stereocenters. The third kappa shape index (κ3) is 7.55. The van der Waals surface area contributed by atoms with E-state index in [1.807, 2.05) is 0 Å². The van der Waals surface area contributed by atoms with Gasteiger partial charge in [-0.05, 0) is 45.4 Å². The molecule has 4 nitrogen and oxygen atoms in total. The van der Waals surface area contributed by atoms with E-state index >= 15 is 0 Å². The number of halogens is 1. The maximum Gasteiger partial charge on any atom is 0.191 e. The van der Waals surface area contributed by atoms with Gasteiger partial charge in [0, 0.05) is 31.9 Å². The monoisotopic (exact) mass is 404 g/mol. The lowest BCUT2D eigenvalue weighted by Crippen LogP contribution is -2.37. The molecule has 0 radical (unpaired) electrons. The van der Waals surface area contributed by atoms with Gasteiger partial charge < -0.3 is 15.5 Å². The topological polar surface area (TPSA) is 39.7 Å². The normalized spacial score (nSPS) is 9.52. The van der Waals surface area contributed by atoms with Crippen LogP contribution in [0.25, 0.3) is 0 Å². The number of benzene rings is 1. The summed E-state index contributed by atoms with van der Waals surface area (Å²) in [6, 6.07) is 8.63. The van der Waals surface area contributed by atoms with Gasteiger partial charge in [-0.15, -0.1) is 24.0 Å². The average Bonchev–Trinajstić information content (AvgIpc) is 2.44. The second-order valence-electron chi connectivity index (χ2n) is 4.71. The molecule has 0 saturated heterocycles. The number of guanidine groups is 1. The number of anilines is 1. The number of nitrogens with one attached hydrogen (secondary N) is 2. The molecule has 0 bridgehead atoms. The Balaban J connectivity index is 0.00000400. The van der Waals surface area contributed by atoms with E-state index < -0.39 is 0 Å². The number of nitrogens with zero attached hydrogens (tertiary/aromatic N) is 2. The molecule has 0 spiro atoms. The van der Waals surface area contributed by atoms with Crippen LogP contribution in [0.2, 0.25) is 0 Å². The Morgan fingerprint density at radius 3 is 2.33 bits per heavy atom. The summed E-state index contributed by atoms with van der Waals surface area (Å²) in [4.78, 5) is 6.94. The molecule has 120 valence electrons. The maximum absolute atomic E-state index is 4.59. The summed E-state index contributed by atoms with van der Waals surface area (Å²) in [5.74, 6) is 0.898. The number of rotatable bonds is 7. The summed E-state index contributed by atoms with van der Waals surface area (Å²) in [5.41, 5.74) is 2.57. The van der Waals surface area contributed by atoms with E-state index in [0.717, 1.165) is 38.7 Å². The van der Waals surface area contributed by atoms with Crippen LogP contribution < -0.4 is 15.5 Å². The molecule has 0 saturated carbocycles. The van der Waals surface area contributed by atoms with Crippen molar-refractivity contribution in [1.29, 1.82) is 0 Å². The van der Waals surface area contributed by atoms with Gasteiger partial charge in [-0.3, -0.25) is 4.99 Å². The zero-order valence-corrected chi connectivity index (χ0v) is 16.0. The zero-order chi connectivity index (χ0) is 14.8. The lowest BCUT2D eigenvalue weighted by molar-refractivity contribution is 0.792. The van der Waals surface area contributed by atoms with Gasteiger partial charge >= 0.3 is 0 Å². The highest BCUT2D eigenvalue weighted by atomic mass is 127. The van der Waals surface area contributed by atoms with E-state index in [2.05, 4.69) is 72.5 Å². The second-order valence-corrected chi connectivity index (χ2v) is 4.71. The van der Waals surface area contributed by atoms with Gasteiger partial charge in [-0.25, -0.2) is 0 Å². The number of likely N-dealkylation sites (N-methyl/N-ethyl adjacent to an activating group) is 1. The minimum atomic E-state index is 0. The molecule has 5 heteroatoms. The SMILES string of the molecule is CCNC(=NCCN(CC)c1cccc(C)c1)NCC.I. The molecule has 0 amide bonds. The maximum atomic E-state index is 4.59. The molecular formula is C16H29IN4. The predicted molar refractivity (Wildman–Crippen MR) is 104 cm³/mol. The van der Waals surface area contributed by atoms with Crippen LogP contribution in [0.4, 0.5) is 5.69 Å². The molecule has 1 rings (SSSR count). The lowest BCUT2D eigenvalue weighted by Gasteiger charge is -2.22. The fraction of sp³-hybridized carbons (Fsp3) is 0.562. The van der Waals surface area contributed by atoms with Gasteiger partial charge in [0.25, 0.3) is 0 Å². The number of hydrogen-bond donors (Lipinski definition) is 2. The Bertz CT molecular complexity index is 412. The predicted octanol–water partition coefficient (Wildman–Crippen LogP) is 3.01. The lowest BCUT2D eigenvalue weighted by atomic mass is 10.2. The van der Waals surface area contributed by atoms with Crippen LogP contribution >= 0.6 is 24.0 Å². The van der Waals surface area contributed by atoms with E-state index in [1.54, 1.807) is 0 Å². The highest BCUT2D eigenvalue weighted by molar-refractivity contribution is 14.0. The van der Waals surface area contributed by atoms with Crippen LogP contribution in [0.15, 0.2) is 29.3 Å². The Labute approximate surface area is 146 Å². The van der Waals surface area contributed by atoms with Crippen molar-refractivity contribution in [2.24, 2.45) is 4.99 Å². The van der Waals surface area contributed by atoms with Gasteiger partial charge in [-0.1, -0.05) is 12.1 Å². The third-order valence-electron chi connectivity index (χ3n) is 3.08. The van der Waals surface area contributed by atoms with Crippen molar-refractivity contribution in [2.45, 2.75) is 27.7 Å². The van der Waals surface area contributed by atoms with Crippen molar-refractivity contribution in [1.82, 2.24) is 10.6 Å². The quantitative estimate of drug-likeness (QED) is 0.417. The van der Waals surface area contributed by atoms with E-state index in [0.29, 0.717) is 0 Å². The summed E-state index contributed by atoms with van der Waals surface area (Å²) in [6.45, 7) is 13.0. The summed E-state index contributed by atoms with van der Waals surface area (Å²) in [5, 5.41) is 6.49. The minimum absolute atomic E-state index is 0. The molecule has 21 heavy (non-hydrogen) atoms. The fourth-order valence-electron chi connectivity index (χ4n) is 2.09. The largest absolute Gasteiger partial charge is 0.370 e. The van der Waals surface area contributed by atoms with E-state index in [1.165, 1.54) is 11.3 Å². The van der Waals surface area contributed by atoms with Crippen molar-refractivity contribution in [2.75, 3.05) is 37.6 Å². The summed E-state index contributed by atoms with van der Waals surface area (Å²) >= 11 is 0. The Morgan fingerprint density at radius 2 is 1.81 bits per heavy atom. The summed E-state index contributed by atoms with van der Waals surface area (Å²) in [7, 11) is 0. The van der Waals surface area contributed by atoms with Crippen LogP contribution in [0.1, 0.15) is 26.3 Å². The average molecular weight is 404 g/mol. The molecule has 1 aromatic carbocycles. The molecule has 0 aliphatic rings. The van der Waals surface area contributed by atoms with Gasteiger partial charge in [0.05, 0.1) is 6.54 Å². The second kappa shape index (κ2) is 11.7. The van der Waals surface area contributed by atoms with Gasteiger partial charge in [0.2, 0.25) is 0 Å². The first-order valence-electron chi connectivity index (χ1n) is 7.55.